The molecule has 0 aromatic rings. The first-order valence-corrected chi connectivity index (χ1v) is 5.76. The average molecular weight is 238 g/mol. The van der Waals surface area contributed by atoms with E-state index < -0.39 is 6.43 Å². The van der Waals surface area contributed by atoms with Crippen LogP contribution in [0.2, 0.25) is 0 Å². The predicted octanol–water partition coefficient (Wildman–Crippen LogP) is 1.32. The molecule has 0 aliphatic heterocycles. The molecule has 0 heterocycles. The third kappa shape index (κ3) is 7.09. The van der Waals surface area contributed by atoms with Crippen LogP contribution in [-0.2, 0) is 0 Å². The maximum Gasteiger partial charge on any atom is 0.251 e. The zero-order chi connectivity index (χ0) is 12.6. The van der Waals surface area contributed by atoms with Crippen molar-refractivity contribution in [3.05, 3.63) is 0 Å². The highest BCUT2D eigenvalue weighted by Gasteiger charge is 2.21. The van der Waals surface area contributed by atoms with Gasteiger partial charge in [0.15, 0.2) is 0 Å². The number of rotatable bonds is 9. The number of hydrogen-bond donors (Lipinski definition) is 2. The molecule has 0 bridgehead atoms. The summed E-state index contributed by atoms with van der Waals surface area (Å²) in [7, 11) is 1.69. The van der Waals surface area contributed by atoms with Gasteiger partial charge >= 0.3 is 0 Å². The van der Waals surface area contributed by atoms with Crippen molar-refractivity contribution in [2.24, 2.45) is 0 Å². The van der Waals surface area contributed by atoms with Crippen LogP contribution < -0.4 is 5.32 Å². The molecule has 0 amide bonds. The van der Waals surface area contributed by atoms with Crippen molar-refractivity contribution in [3.8, 4) is 0 Å². The Kier molecular flexibility index (Phi) is 7.80. The molecule has 2 N–H and O–H groups in total. The maximum absolute atomic E-state index is 12.0. The zero-order valence-electron chi connectivity index (χ0n) is 10.5. The second-order valence-electron chi connectivity index (χ2n) is 4.51. The molecule has 1 atom stereocenters. The quantitative estimate of drug-likeness (QED) is 0.636. The fourth-order valence-corrected chi connectivity index (χ4v) is 1.72. The minimum Gasteiger partial charge on any atom is -0.394 e. The first kappa shape index (κ1) is 15.7. The summed E-state index contributed by atoms with van der Waals surface area (Å²) >= 11 is 0. The molecule has 0 fully saturated rings. The van der Waals surface area contributed by atoms with Gasteiger partial charge in [0, 0.05) is 5.54 Å². The third-order valence-electron chi connectivity index (χ3n) is 2.67. The number of hydrogen-bond acceptors (Lipinski definition) is 3. The molecule has 98 valence electrons. The Bertz CT molecular complexity index is 181. The molecule has 0 spiro atoms. The second kappa shape index (κ2) is 7.92. The Morgan fingerprint density at radius 3 is 2.50 bits per heavy atom. The van der Waals surface area contributed by atoms with E-state index >= 15 is 0 Å². The molecule has 0 aliphatic carbocycles. The standard InChI is InChI=1S/C11H24F2N2O/c1-4-14-11(2,9-16)6-5-7-15(3)8-10(12)13/h10,14,16H,4-9H2,1-3H3. The topological polar surface area (TPSA) is 35.5 Å². The molecule has 0 aliphatic rings. The van der Waals surface area contributed by atoms with Crippen LogP contribution in [0.5, 0.6) is 0 Å². The second-order valence-corrected chi connectivity index (χ2v) is 4.51. The van der Waals surface area contributed by atoms with Crippen LogP contribution in [0.15, 0.2) is 0 Å². The Morgan fingerprint density at radius 2 is 2.06 bits per heavy atom. The third-order valence-corrected chi connectivity index (χ3v) is 2.67. The molecule has 0 aromatic carbocycles. The van der Waals surface area contributed by atoms with Crippen LogP contribution in [-0.4, -0.2) is 55.3 Å². The molecular weight excluding hydrogens is 214 g/mol. The Balaban J connectivity index is 3.77. The first-order chi connectivity index (χ1) is 7.43. The largest absolute Gasteiger partial charge is 0.394 e. The van der Waals surface area contributed by atoms with Gasteiger partial charge in [-0.25, -0.2) is 8.78 Å². The molecule has 0 aromatic heterocycles. The first-order valence-electron chi connectivity index (χ1n) is 5.76. The van der Waals surface area contributed by atoms with Crippen LogP contribution in [0.3, 0.4) is 0 Å². The Morgan fingerprint density at radius 1 is 1.44 bits per heavy atom. The fourth-order valence-electron chi connectivity index (χ4n) is 1.72. The van der Waals surface area contributed by atoms with Gasteiger partial charge in [0.25, 0.3) is 6.43 Å². The van der Waals surface area contributed by atoms with Gasteiger partial charge in [0.05, 0.1) is 13.2 Å². The summed E-state index contributed by atoms with van der Waals surface area (Å²) in [5, 5.41) is 12.4. The van der Waals surface area contributed by atoms with E-state index in [1.165, 1.54) is 0 Å². The van der Waals surface area contributed by atoms with Crippen molar-refractivity contribution in [1.82, 2.24) is 10.2 Å². The number of likely N-dealkylation sites (N-methyl/N-ethyl adjacent to an activating group) is 1. The van der Waals surface area contributed by atoms with E-state index in [0.29, 0.717) is 6.54 Å². The normalized spacial score (nSPS) is 15.8. The van der Waals surface area contributed by atoms with Crippen molar-refractivity contribution >= 4 is 0 Å². The van der Waals surface area contributed by atoms with Crippen LogP contribution in [0.1, 0.15) is 26.7 Å². The number of halogens is 2. The van der Waals surface area contributed by atoms with Gasteiger partial charge < -0.3 is 15.3 Å². The van der Waals surface area contributed by atoms with Gasteiger partial charge in [-0.05, 0) is 39.9 Å². The minimum absolute atomic E-state index is 0.0689. The fraction of sp³-hybridized carbons (Fsp3) is 1.00. The lowest BCUT2D eigenvalue weighted by molar-refractivity contribution is 0.0964. The van der Waals surface area contributed by atoms with Crippen LogP contribution in [0, 0.1) is 0 Å². The Labute approximate surface area is 96.8 Å². The summed E-state index contributed by atoms with van der Waals surface area (Å²) in [5.41, 5.74) is -0.291. The van der Waals surface area contributed by atoms with Gasteiger partial charge in [0.1, 0.15) is 0 Å². The monoisotopic (exact) mass is 238 g/mol. The van der Waals surface area contributed by atoms with Gasteiger partial charge in [0.2, 0.25) is 0 Å². The molecule has 0 rings (SSSR count). The summed E-state index contributed by atoms with van der Waals surface area (Å²) in [5.74, 6) is 0. The highest BCUT2D eigenvalue weighted by atomic mass is 19.3. The number of alkyl halides is 2. The molecule has 1 unspecified atom stereocenters. The molecule has 0 saturated carbocycles. The predicted molar refractivity (Wildman–Crippen MR) is 61.9 cm³/mol. The highest BCUT2D eigenvalue weighted by molar-refractivity contribution is 4.81. The van der Waals surface area contributed by atoms with Crippen molar-refractivity contribution in [2.45, 2.75) is 38.7 Å². The van der Waals surface area contributed by atoms with E-state index in [0.717, 1.165) is 19.4 Å². The van der Waals surface area contributed by atoms with Crippen molar-refractivity contribution in [3.63, 3.8) is 0 Å². The van der Waals surface area contributed by atoms with E-state index in [2.05, 4.69) is 5.32 Å². The number of aliphatic hydroxyl groups is 1. The lowest BCUT2D eigenvalue weighted by Gasteiger charge is -2.29. The number of aliphatic hydroxyl groups excluding tert-OH is 1. The molecule has 5 heteroatoms. The van der Waals surface area contributed by atoms with Crippen molar-refractivity contribution < 1.29 is 13.9 Å². The lowest BCUT2D eigenvalue weighted by atomic mass is 9.96. The van der Waals surface area contributed by atoms with Crippen molar-refractivity contribution in [2.75, 3.05) is 33.3 Å². The number of nitrogens with zero attached hydrogens (tertiary/aromatic N) is 1. The van der Waals surface area contributed by atoms with Crippen molar-refractivity contribution in [1.29, 1.82) is 0 Å². The SMILES string of the molecule is CCNC(C)(CO)CCCN(C)CC(F)F. The van der Waals surface area contributed by atoms with Gasteiger partial charge in [-0.1, -0.05) is 6.92 Å². The van der Waals surface area contributed by atoms with Crippen LogP contribution >= 0.6 is 0 Å². The van der Waals surface area contributed by atoms with E-state index in [1.54, 1.807) is 11.9 Å². The summed E-state index contributed by atoms with van der Waals surface area (Å²) in [6.07, 6.45) is -0.693. The highest BCUT2D eigenvalue weighted by Crippen LogP contribution is 2.12. The summed E-state index contributed by atoms with van der Waals surface area (Å²) in [6.45, 7) is 5.24. The minimum atomic E-state index is -2.28. The Hall–Kier alpha value is -0.260. The van der Waals surface area contributed by atoms with Crippen LogP contribution in [0.25, 0.3) is 0 Å². The van der Waals surface area contributed by atoms with E-state index in [4.69, 9.17) is 0 Å². The average Bonchev–Trinajstić information content (AvgIpc) is 2.17. The summed E-state index contributed by atoms with van der Waals surface area (Å²) in [6, 6.07) is 0. The zero-order valence-corrected chi connectivity index (χ0v) is 10.5. The molecule has 3 nitrogen and oxygen atoms in total. The van der Waals surface area contributed by atoms with Gasteiger partial charge in [-0.2, -0.15) is 0 Å². The van der Waals surface area contributed by atoms with Crippen LogP contribution in [0.4, 0.5) is 8.78 Å². The van der Waals surface area contributed by atoms with E-state index in [1.807, 2.05) is 13.8 Å². The van der Waals surface area contributed by atoms with E-state index in [-0.39, 0.29) is 18.7 Å². The van der Waals surface area contributed by atoms with E-state index in [9.17, 15) is 13.9 Å². The molecule has 0 saturated heterocycles. The molecule has 0 radical (unpaired) electrons. The maximum atomic E-state index is 12.0. The summed E-state index contributed by atoms with van der Waals surface area (Å²) < 4.78 is 24.1. The van der Waals surface area contributed by atoms with Gasteiger partial charge in [-0.3, -0.25) is 0 Å². The van der Waals surface area contributed by atoms with Gasteiger partial charge in [-0.15, -0.1) is 0 Å². The molecule has 16 heavy (non-hydrogen) atoms. The molecular formula is C11H24F2N2O. The number of nitrogens with one attached hydrogen (secondary N) is 1. The smallest absolute Gasteiger partial charge is 0.251 e. The lowest BCUT2D eigenvalue weighted by Crippen LogP contribution is -2.46. The summed E-state index contributed by atoms with van der Waals surface area (Å²) in [4.78, 5) is 1.62.